The van der Waals surface area contributed by atoms with E-state index in [9.17, 15) is 22.8 Å². The molecule has 32 heavy (non-hydrogen) atoms. The third-order valence-corrected chi connectivity index (χ3v) is 5.02. The van der Waals surface area contributed by atoms with E-state index in [4.69, 9.17) is 25.8 Å². The third-order valence-electron chi connectivity index (χ3n) is 4.77. The number of rotatable bonds is 6. The van der Waals surface area contributed by atoms with Gasteiger partial charge in [0, 0.05) is 23.7 Å². The highest BCUT2D eigenvalue weighted by Gasteiger charge is 2.33. The molecule has 0 aromatic heterocycles. The molecule has 2 aromatic rings. The van der Waals surface area contributed by atoms with E-state index < -0.39 is 35.8 Å². The molecule has 1 amide bonds. The van der Waals surface area contributed by atoms with Crippen LogP contribution in [0.3, 0.4) is 0 Å². The summed E-state index contributed by atoms with van der Waals surface area (Å²) in [5, 5.41) is 0.399. The first-order valence-corrected chi connectivity index (χ1v) is 10.2. The van der Waals surface area contributed by atoms with Crippen LogP contribution in [0.5, 0.6) is 5.75 Å². The molecule has 1 aliphatic heterocycles. The normalized spacial score (nSPS) is 16.2. The Hall–Kier alpha value is -2.78. The largest absolute Gasteiger partial charge is 0.474 e. The fourth-order valence-electron chi connectivity index (χ4n) is 3.10. The molecule has 10 heteroatoms. The Bertz CT molecular complexity index is 945. The van der Waals surface area contributed by atoms with Gasteiger partial charge in [0.25, 0.3) is 5.91 Å². The van der Waals surface area contributed by atoms with Crippen LogP contribution in [0.2, 0.25) is 5.02 Å². The summed E-state index contributed by atoms with van der Waals surface area (Å²) in [5.41, 5.74) is -0.614. The zero-order chi connectivity index (χ0) is 23.3. The predicted molar refractivity (Wildman–Crippen MR) is 109 cm³/mol. The van der Waals surface area contributed by atoms with Crippen molar-refractivity contribution in [3.63, 3.8) is 0 Å². The maximum absolute atomic E-state index is 13.1. The van der Waals surface area contributed by atoms with Crippen molar-refractivity contribution in [2.75, 3.05) is 26.3 Å². The second kappa shape index (κ2) is 10.2. The Morgan fingerprint density at radius 3 is 2.38 bits per heavy atom. The Kier molecular flexibility index (Phi) is 7.63. The van der Waals surface area contributed by atoms with Gasteiger partial charge in [0.05, 0.1) is 18.8 Å². The van der Waals surface area contributed by atoms with Crippen LogP contribution < -0.4 is 4.74 Å². The molecule has 0 bridgehead atoms. The van der Waals surface area contributed by atoms with Gasteiger partial charge in [-0.05, 0) is 37.3 Å². The maximum atomic E-state index is 13.1. The minimum atomic E-state index is -4.57. The third kappa shape index (κ3) is 6.14. The Labute approximate surface area is 187 Å². The van der Waals surface area contributed by atoms with E-state index in [1.165, 1.54) is 48.2 Å². The van der Waals surface area contributed by atoms with Gasteiger partial charge in [0.15, 0.2) is 6.10 Å². The zero-order valence-corrected chi connectivity index (χ0v) is 17.9. The maximum Gasteiger partial charge on any atom is 0.416 e. The van der Waals surface area contributed by atoms with Gasteiger partial charge < -0.3 is 19.1 Å². The number of hydrogen-bond donors (Lipinski definition) is 0. The van der Waals surface area contributed by atoms with Crippen LogP contribution in [-0.4, -0.2) is 49.2 Å². The Balaban J connectivity index is 1.80. The molecule has 0 aliphatic carbocycles. The minimum Gasteiger partial charge on any atom is -0.474 e. The molecular formula is C22H21ClF3NO5. The fraction of sp³-hybridized carbons (Fsp3) is 0.364. The summed E-state index contributed by atoms with van der Waals surface area (Å²) in [7, 11) is 0. The molecule has 0 radical (unpaired) electrons. The first kappa shape index (κ1) is 23.9. The number of amides is 1. The van der Waals surface area contributed by atoms with E-state index in [0.29, 0.717) is 36.9 Å². The molecule has 6 nitrogen and oxygen atoms in total. The van der Waals surface area contributed by atoms with Crippen molar-refractivity contribution in [2.24, 2.45) is 0 Å². The lowest BCUT2D eigenvalue weighted by Gasteiger charge is -2.29. The average Bonchev–Trinajstić information content (AvgIpc) is 2.78. The first-order valence-electron chi connectivity index (χ1n) is 9.81. The van der Waals surface area contributed by atoms with Crippen LogP contribution in [0.1, 0.15) is 24.2 Å². The topological polar surface area (TPSA) is 65.1 Å². The molecule has 1 heterocycles. The lowest BCUT2D eigenvalue weighted by molar-refractivity contribution is -0.166. The standard InChI is InChI=1S/C22H21ClF3NO5/c1-14(20(28)27-9-11-30-12-10-27)31-21(29)19(15-5-7-17(23)8-6-15)32-18-4-2-3-16(13-18)22(24,25)26/h2-8,13-14,19H,9-12H2,1H3/t14-,19+/m0/s1. The predicted octanol–water partition coefficient (Wildman–Crippen LogP) is 4.27. The number of benzene rings is 2. The van der Waals surface area contributed by atoms with E-state index in [1.54, 1.807) is 0 Å². The second-order valence-corrected chi connectivity index (χ2v) is 7.53. The van der Waals surface area contributed by atoms with Crippen LogP contribution in [0, 0.1) is 0 Å². The SMILES string of the molecule is C[C@H](OC(=O)[C@H](Oc1cccc(C(F)(F)F)c1)c1ccc(Cl)cc1)C(=O)N1CCOCC1. The smallest absolute Gasteiger partial charge is 0.416 e. The molecule has 1 saturated heterocycles. The number of carbonyl (C=O) groups excluding carboxylic acids is 2. The summed E-state index contributed by atoms with van der Waals surface area (Å²) < 4.78 is 55.3. The summed E-state index contributed by atoms with van der Waals surface area (Å²) in [4.78, 5) is 27.0. The van der Waals surface area contributed by atoms with Crippen molar-refractivity contribution in [3.8, 4) is 5.75 Å². The average molecular weight is 472 g/mol. The molecule has 1 aliphatic rings. The highest BCUT2D eigenvalue weighted by molar-refractivity contribution is 6.30. The van der Waals surface area contributed by atoms with E-state index in [0.717, 1.165) is 12.1 Å². The number of esters is 1. The highest BCUT2D eigenvalue weighted by Crippen LogP contribution is 2.33. The number of ether oxygens (including phenoxy) is 3. The molecular weight excluding hydrogens is 451 g/mol. The number of hydrogen-bond acceptors (Lipinski definition) is 5. The van der Waals surface area contributed by atoms with E-state index >= 15 is 0 Å². The number of carbonyl (C=O) groups is 2. The number of alkyl halides is 3. The van der Waals surface area contributed by atoms with Gasteiger partial charge in [-0.1, -0.05) is 29.8 Å². The van der Waals surface area contributed by atoms with Crippen molar-refractivity contribution in [2.45, 2.75) is 25.3 Å². The van der Waals surface area contributed by atoms with Crippen LogP contribution in [0.25, 0.3) is 0 Å². The summed E-state index contributed by atoms with van der Waals surface area (Å²) in [6, 6.07) is 10.2. The molecule has 0 saturated carbocycles. The van der Waals surface area contributed by atoms with Gasteiger partial charge in [-0.2, -0.15) is 13.2 Å². The number of morpholine rings is 1. The van der Waals surface area contributed by atoms with Crippen LogP contribution in [-0.2, 0) is 25.2 Å². The van der Waals surface area contributed by atoms with Crippen molar-refractivity contribution in [1.29, 1.82) is 0 Å². The summed E-state index contributed by atoms with van der Waals surface area (Å²) in [6.07, 6.45) is -7.09. The lowest BCUT2D eigenvalue weighted by atomic mass is 10.1. The van der Waals surface area contributed by atoms with E-state index in [-0.39, 0.29) is 5.75 Å². The molecule has 0 unspecified atom stereocenters. The highest BCUT2D eigenvalue weighted by atomic mass is 35.5. The van der Waals surface area contributed by atoms with Crippen molar-refractivity contribution in [1.82, 2.24) is 4.90 Å². The summed E-state index contributed by atoms with van der Waals surface area (Å²) in [6.45, 7) is 2.96. The first-order chi connectivity index (χ1) is 15.1. The van der Waals surface area contributed by atoms with Crippen LogP contribution >= 0.6 is 11.6 Å². The van der Waals surface area contributed by atoms with Gasteiger partial charge >= 0.3 is 12.1 Å². The molecule has 2 atom stereocenters. The number of halogens is 4. The van der Waals surface area contributed by atoms with E-state index in [1.807, 2.05) is 0 Å². The van der Waals surface area contributed by atoms with Crippen molar-refractivity contribution in [3.05, 3.63) is 64.7 Å². The lowest BCUT2D eigenvalue weighted by Crippen LogP contribution is -2.46. The van der Waals surface area contributed by atoms with Gasteiger partial charge in [0.1, 0.15) is 5.75 Å². The van der Waals surface area contributed by atoms with Crippen LogP contribution in [0.4, 0.5) is 13.2 Å². The van der Waals surface area contributed by atoms with Gasteiger partial charge in [-0.3, -0.25) is 4.79 Å². The molecule has 0 spiro atoms. The fourth-order valence-corrected chi connectivity index (χ4v) is 3.22. The molecule has 2 aromatic carbocycles. The van der Waals surface area contributed by atoms with Gasteiger partial charge in [0.2, 0.25) is 6.10 Å². The van der Waals surface area contributed by atoms with Crippen molar-refractivity contribution >= 4 is 23.5 Å². The van der Waals surface area contributed by atoms with Gasteiger partial charge in [-0.25, -0.2) is 4.79 Å². The summed E-state index contributed by atoms with van der Waals surface area (Å²) >= 11 is 5.90. The quantitative estimate of drug-likeness (QED) is 0.589. The molecule has 1 fully saturated rings. The monoisotopic (exact) mass is 471 g/mol. The zero-order valence-electron chi connectivity index (χ0n) is 17.1. The molecule has 3 rings (SSSR count). The van der Waals surface area contributed by atoms with Crippen LogP contribution in [0.15, 0.2) is 48.5 Å². The molecule has 172 valence electrons. The number of nitrogens with zero attached hydrogens (tertiary/aromatic N) is 1. The Morgan fingerprint density at radius 2 is 1.75 bits per heavy atom. The summed E-state index contributed by atoms with van der Waals surface area (Å²) in [5.74, 6) is -1.49. The minimum absolute atomic E-state index is 0.177. The second-order valence-electron chi connectivity index (χ2n) is 7.09. The Morgan fingerprint density at radius 1 is 1.09 bits per heavy atom. The van der Waals surface area contributed by atoms with Gasteiger partial charge in [-0.15, -0.1) is 0 Å². The van der Waals surface area contributed by atoms with E-state index in [2.05, 4.69) is 0 Å². The van der Waals surface area contributed by atoms with Crippen molar-refractivity contribution < 1.29 is 37.0 Å². The molecule has 0 N–H and O–H groups in total.